The fourth-order valence-corrected chi connectivity index (χ4v) is 7.13. The third-order valence-electron chi connectivity index (χ3n) is 7.86. The summed E-state index contributed by atoms with van der Waals surface area (Å²) in [5.41, 5.74) is 3.02. The summed E-state index contributed by atoms with van der Waals surface area (Å²) in [4.78, 5) is 53.9. The largest absolute Gasteiger partial charge is 0.321 e. The predicted octanol–water partition coefficient (Wildman–Crippen LogP) is 8.47. The molecule has 11 heteroatoms. The molecule has 0 aliphatic carbocycles. The number of hydrogen-bond donors (Lipinski definition) is 4. The first-order chi connectivity index (χ1) is 25.3. The molecule has 6 aromatic rings. The molecule has 0 aliphatic heterocycles. The highest BCUT2D eigenvalue weighted by Gasteiger charge is 2.22. The summed E-state index contributed by atoms with van der Waals surface area (Å²) in [5, 5.41) is 23.3. The van der Waals surface area contributed by atoms with Gasteiger partial charge >= 0.3 is 0 Å². The maximum Gasteiger partial charge on any atom is 0.272 e. The number of hydrogen-bond acceptors (Lipinski definition) is 7. The fourth-order valence-electron chi connectivity index (χ4n) is 5.31. The van der Waals surface area contributed by atoms with E-state index in [4.69, 9.17) is 0 Å². The molecule has 52 heavy (non-hydrogen) atoms. The zero-order chi connectivity index (χ0) is 36.5. The number of thioether (sulfide) groups is 1. The van der Waals surface area contributed by atoms with Crippen LogP contribution in [0.2, 0.25) is 0 Å². The van der Waals surface area contributed by atoms with Gasteiger partial charge in [0.1, 0.15) is 16.8 Å². The molecule has 0 saturated carbocycles. The molecule has 1 aromatic heterocycles. The standard InChI is InChI=1S/C41H31N5O4S2/c1-26-34(24-42)41(52-37(26)40(50)43-30-17-6-3-7-18-30)46-36(47)25-51-32-20-11-19-31(23-32)44-39(49)35(45-38(48)28-13-4-2-5-14-28)22-29-16-10-15-27-12-8-9-21-33(27)29/h2-23H,25H2,1H3,(H,43,50)(H,44,49)(H,45,48)(H,46,47)/b35-22+. The Morgan fingerprint density at radius 1 is 0.750 bits per heavy atom. The molecular weight excluding hydrogens is 691 g/mol. The van der Waals surface area contributed by atoms with Crippen molar-refractivity contribution < 1.29 is 19.2 Å². The maximum absolute atomic E-state index is 13.7. The third-order valence-corrected chi connectivity index (χ3v) is 10.1. The molecule has 5 aromatic carbocycles. The minimum absolute atomic E-state index is 0.00410. The smallest absolute Gasteiger partial charge is 0.272 e. The van der Waals surface area contributed by atoms with Crippen LogP contribution >= 0.6 is 23.1 Å². The van der Waals surface area contributed by atoms with Gasteiger partial charge in [-0.2, -0.15) is 5.26 Å². The van der Waals surface area contributed by atoms with Crippen molar-refractivity contribution in [1.82, 2.24) is 5.32 Å². The quantitative estimate of drug-likeness (QED) is 0.0782. The summed E-state index contributed by atoms with van der Waals surface area (Å²) in [6.45, 7) is 1.68. The zero-order valence-electron chi connectivity index (χ0n) is 27.8. The van der Waals surface area contributed by atoms with Crippen LogP contribution in [-0.2, 0) is 9.59 Å². The first-order valence-electron chi connectivity index (χ1n) is 16.1. The first-order valence-corrected chi connectivity index (χ1v) is 17.9. The van der Waals surface area contributed by atoms with E-state index in [1.165, 1.54) is 11.8 Å². The molecule has 0 saturated heterocycles. The Hall–Kier alpha value is -6.48. The number of carbonyl (C=O) groups excluding carboxylic acids is 4. The topological polar surface area (TPSA) is 140 Å². The van der Waals surface area contributed by atoms with Crippen LogP contribution in [0.15, 0.2) is 138 Å². The van der Waals surface area contributed by atoms with Crippen molar-refractivity contribution in [3.63, 3.8) is 0 Å². The van der Waals surface area contributed by atoms with Gasteiger partial charge in [-0.3, -0.25) is 19.2 Å². The summed E-state index contributed by atoms with van der Waals surface area (Å²) < 4.78 is 0. The normalized spacial score (nSPS) is 11.0. The number of carbonyl (C=O) groups is 4. The zero-order valence-corrected chi connectivity index (χ0v) is 29.4. The Balaban J connectivity index is 1.14. The molecule has 4 N–H and O–H groups in total. The minimum atomic E-state index is -0.527. The van der Waals surface area contributed by atoms with Crippen LogP contribution in [0.1, 0.15) is 36.7 Å². The van der Waals surface area contributed by atoms with Crippen molar-refractivity contribution in [2.24, 2.45) is 0 Å². The summed E-state index contributed by atoms with van der Waals surface area (Å²) in [6, 6.07) is 40.2. The Kier molecular flexibility index (Phi) is 11.2. The van der Waals surface area contributed by atoms with Gasteiger partial charge in [-0.05, 0) is 77.4 Å². The van der Waals surface area contributed by atoms with E-state index in [0.717, 1.165) is 27.7 Å². The predicted molar refractivity (Wildman–Crippen MR) is 208 cm³/mol. The molecule has 0 spiro atoms. The number of rotatable bonds is 11. The average Bonchev–Trinajstić information content (AvgIpc) is 3.48. The molecule has 1 heterocycles. The van der Waals surface area contributed by atoms with Crippen molar-refractivity contribution in [3.05, 3.63) is 160 Å². The van der Waals surface area contributed by atoms with Crippen molar-refractivity contribution in [1.29, 1.82) is 5.26 Å². The molecule has 9 nitrogen and oxygen atoms in total. The molecule has 0 atom stereocenters. The molecular formula is C41H31N5O4S2. The van der Waals surface area contributed by atoms with Crippen molar-refractivity contribution >= 4 is 80.0 Å². The van der Waals surface area contributed by atoms with Crippen molar-refractivity contribution in [2.45, 2.75) is 11.8 Å². The van der Waals surface area contributed by atoms with Crippen molar-refractivity contribution in [3.8, 4) is 6.07 Å². The lowest BCUT2D eigenvalue weighted by Crippen LogP contribution is -2.30. The van der Waals surface area contributed by atoms with Gasteiger partial charge in [-0.25, -0.2) is 0 Å². The number of para-hydroxylation sites is 1. The number of amides is 4. The highest BCUT2D eigenvalue weighted by atomic mass is 32.2. The number of nitriles is 1. The Labute approximate surface area is 308 Å². The molecule has 0 bridgehead atoms. The van der Waals surface area contributed by atoms with Gasteiger partial charge in [0.25, 0.3) is 17.7 Å². The van der Waals surface area contributed by atoms with Crippen LogP contribution in [0.25, 0.3) is 16.8 Å². The van der Waals surface area contributed by atoms with E-state index in [1.54, 1.807) is 85.8 Å². The van der Waals surface area contributed by atoms with E-state index >= 15 is 0 Å². The van der Waals surface area contributed by atoms with Crippen LogP contribution < -0.4 is 21.3 Å². The third kappa shape index (κ3) is 8.62. The van der Waals surface area contributed by atoms with Gasteiger partial charge in [0.05, 0.1) is 16.2 Å². The van der Waals surface area contributed by atoms with E-state index in [2.05, 4.69) is 27.3 Å². The molecule has 0 unspecified atom stereocenters. The SMILES string of the molecule is Cc1c(C(=O)Nc2ccccc2)sc(NC(=O)CSc2cccc(NC(=O)/C(=C\c3cccc4ccccc34)NC(=O)c3ccccc3)c2)c1C#N. The van der Waals surface area contributed by atoms with Crippen LogP contribution in [0, 0.1) is 18.3 Å². The average molecular weight is 722 g/mol. The number of benzene rings is 5. The number of nitrogens with zero attached hydrogens (tertiary/aromatic N) is 1. The van der Waals surface area contributed by atoms with Gasteiger partial charge in [0, 0.05) is 21.8 Å². The fraction of sp³-hybridized carbons (Fsp3) is 0.0488. The second kappa shape index (κ2) is 16.5. The van der Waals surface area contributed by atoms with Gasteiger partial charge in [0.2, 0.25) is 5.91 Å². The monoisotopic (exact) mass is 721 g/mol. The highest BCUT2D eigenvalue weighted by molar-refractivity contribution is 8.00. The van der Waals surface area contributed by atoms with Gasteiger partial charge < -0.3 is 21.3 Å². The van der Waals surface area contributed by atoms with Gasteiger partial charge in [-0.15, -0.1) is 23.1 Å². The Morgan fingerprint density at radius 2 is 1.42 bits per heavy atom. The summed E-state index contributed by atoms with van der Waals surface area (Å²) in [5.74, 6) is -1.68. The van der Waals surface area contributed by atoms with Crippen LogP contribution in [0.4, 0.5) is 16.4 Å². The van der Waals surface area contributed by atoms with E-state index in [-0.39, 0.29) is 28.8 Å². The van der Waals surface area contributed by atoms with E-state index in [9.17, 15) is 24.4 Å². The number of fused-ring (bicyclic) bond motifs is 1. The molecule has 6 rings (SSSR count). The number of thiophene rings is 1. The summed E-state index contributed by atoms with van der Waals surface area (Å²) in [7, 11) is 0. The van der Waals surface area contributed by atoms with E-state index in [1.807, 2.05) is 54.6 Å². The van der Waals surface area contributed by atoms with Crippen molar-refractivity contribution in [2.75, 3.05) is 21.7 Å². The van der Waals surface area contributed by atoms with Gasteiger partial charge in [-0.1, -0.05) is 84.9 Å². The van der Waals surface area contributed by atoms with Gasteiger partial charge in [0.15, 0.2) is 0 Å². The first kappa shape index (κ1) is 35.3. The maximum atomic E-state index is 13.7. The second-order valence-electron chi connectivity index (χ2n) is 11.5. The van der Waals surface area contributed by atoms with Crippen LogP contribution in [-0.4, -0.2) is 29.4 Å². The Morgan fingerprint density at radius 3 is 2.19 bits per heavy atom. The molecule has 4 amide bonds. The second-order valence-corrected chi connectivity index (χ2v) is 13.5. The molecule has 0 radical (unpaired) electrons. The Bertz CT molecular complexity index is 2360. The lowest BCUT2D eigenvalue weighted by Gasteiger charge is -2.13. The lowest BCUT2D eigenvalue weighted by atomic mass is 10.0. The molecule has 0 aliphatic rings. The molecule has 0 fully saturated rings. The summed E-state index contributed by atoms with van der Waals surface area (Å²) in [6.07, 6.45) is 1.65. The van der Waals surface area contributed by atoms with Crippen LogP contribution in [0.5, 0.6) is 0 Å². The van der Waals surface area contributed by atoms with Crippen LogP contribution in [0.3, 0.4) is 0 Å². The van der Waals surface area contributed by atoms with E-state index in [0.29, 0.717) is 37.3 Å². The highest BCUT2D eigenvalue weighted by Crippen LogP contribution is 2.33. The minimum Gasteiger partial charge on any atom is -0.321 e. The van der Waals surface area contributed by atoms with E-state index < -0.39 is 11.8 Å². The summed E-state index contributed by atoms with van der Waals surface area (Å²) >= 11 is 2.28. The number of anilines is 3. The number of nitrogens with one attached hydrogen (secondary N) is 4. The lowest BCUT2D eigenvalue weighted by molar-refractivity contribution is -0.114. The molecule has 256 valence electrons.